The van der Waals surface area contributed by atoms with Crippen LogP contribution in [0.1, 0.15) is 84.0 Å². The maximum atomic E-state index is 9.13. The second-order valence-corrected chi connectivity index (χ2v) is 5.63. The summed E-state index contributed by atoms with van der Waals surface area (Å²) in [4.78, 5) is 0. The first-order valence-electron chi connectivity index (χ1n) is 8.23. The topological polar surface area (TPSA) is 20.2 Å². The molecule has 0 spiro atoms. The van der Waals surface area contributed by atoms with E-state index in [-0.39, 0.29) is 6.10 Å². The Bertz CT molecular complexity index is 206. The smallest absolute Gasteiger partial charge is 0.0512 e. The molecule has 0 bridgehead atoms. The monoisotopic (exact) mass is 266 g/mol. The number of hydrogen-bond donors (Lipinski definition) is 1. The minimum absolute atomic E-state index is 0.110. The molecule has 1 nitrogen and oxygen atoms in total. The molecule has 0 fully saturated rings. The molecule has 1 heteroatoms. The average Bonchev–Trinajstić information content (AvgIpc) is 2.39. The van der Waals surface area contributed by atoms with Crippen LogP contribution >= 0.6 is 0 Å². The lowest BCUT2D eigenvalue weighted by molar-refractivity contribution is 0.180. The van der Waals surface area contributed by atoms with Gasteiger partial charge in [-0.15, -0.1) is 0 Å². The summed E-state index contributed by atoms with van der Waals surface area (Å²) in [7, 11) is 0. The molecule has 0 aromatic carbocycles. The van der Waals surface area contributed by atoms with Crippen LogP contribution in [0.5, 0.6) is 0 Å². The predicted octanol–water partition coefficient (Wildman–Crippen LogP) is 5.79. The van der Waals surface area contributed by atoms with Crippen LogP contribution in [0.25, 0.3) is 0 Å². The molecule has 0 aliphatic heterocycles. The maximum Gasteiger partial charge on any atom is 0.0512 e. The Morgan fingerprint density at radius 2 is 1.32 bits per heavy atom. The largest absolute Gasteiger partial charge is 0.393 e. The van der Waals surface area contributed by atoms with E-state index in [2.05, 4.69) is 12.7 Å². The van der Waals surface area contributed by atoms with E-state index in [0.717, 1.165) is 6.42 Å². The number of allylic oxidation sites excluding steroid dienone is 3. The van der Waals surface area contributed by atoms with E-state index >= 15 is 0 Å². The fourth-order valence-electron chi connectivity index (χ4n) is 2.31. The van der Waals surface area contributed by atoms with Crippen molar-refractivity contribution in [3.05, 3.63) is 24.8 Å². The zero-order valence-electron chi connectivity index (χ0n) is 12.9. The van der Waals surface area contributed by atoms with Crippen LogP contribution < -0.4 is 0 Å². The molecule has 19 heavy (non-hydrogen) atoms. The van der Waals surface area contributed by atoms with Crippen molar-refractivity contribution < 1.29 is 5.11 Å². The van der Waals surface area contributed by atoms with Crippen LogP contribution in [-0.4, -0.2) is 11.2 Å². The molecule has 0 aliphatic carbocycles. The summed E-state index contributed by atoms with van der Waals surface area (Å²) in [6.45, 7) is 5.55. The van der Waals surface area contributed by atoms with Crippen molar-refractivity contribution in [1.29, 1.82) is 0 Å². The molecule has 0 aliphatic rings. The Balaban J connectivity index is 2.99. The van der Waals surface area contributed by atoms with Crippen molar-refractivity contribution in [3.63, 3.8) is 0 Å². The Morgan fingerprint density at radius 3 is 1.79 bits per heavy atom. The Hall–Kier alpha value is -0.560. The third-order valence-corrected chi connectivity index (χ3v) is 3.51. The van der Waals surface area contributed by atoms with Crippen molar-refractivity contribution in [2.75, 3.05) is 0 Å². The van der Waals surface area contributed by atoms with Gasteiger partial charge < -0.3 is 5.11 Å². The van der Waals surface area contributed by atoms with E-state index in [1.807, 2.05) is 19.1 Å². The van der Waals surface area contributed by atoms with Crippen molar-refractivity contribution >= 4 is 0 Å². The van der Waals surface area contributed by atoms with E-state index < -0.39 is 0 Å². The molecular weight excluding hydrogens is 232 g/mol. The second kappa shape index (κ2) is 15.5. The van der Waals surface area contributed by atoms with Crippen LogP contribution in [0, 0.1) is 0 Å². The molecule has 1 unspecified atom stereocenters. The van der Waals surface area contributed by atoms with Crippen LogP contribution in [0.2, 0.25) is 0 Å². The molecule has 0 radical (unpaired) electrons. The van der Waals surface area contributed by atoms with Gasteiger partial charge in [-0.3, -0.25) is 0 Å². The number of unbranched alkanes of at least 4 members (excludes halogenated alkanes) is 10. The highest BCUT2D eigenvalue weighted by Gasteiger charge is 1.96. The Kier molecular flexibility index (Phi) is 15.0. The number of rotatable bonds is 14. The highest BCUT2D eigenvalue weighted by molar-refractivity contribution is 4.96. The quantitative estimate of drug-likeness (QED) is 0.311. The van der Waals surface area contributed by atoms with E-state index in [4.69, 9.17) is 5.11 Å². The van der Waals surface area contributed by atoms with Gasteiger partial charge in [0.15, 0.2) is 0 Å². The molecule has 0 rings (SSSR count). The minimum atomic E-state index is -0.110. The molecule has 0 amide bonds. The summed E-state index contributed by atoms with van der Waals surface area (Å²) in [6, 6.07) is 0. The van der Waals surface area contributed by atoms with E-state index in [1.165, 1.54) is 70.6 Å². The van der Waals surface area contributed by atoms with Gasteiger partial charge in [-0.2, -0.15) is 0 Å². The first-order chi connectivity index (χ1) is 9.27. The zero-order chi connectivity index (χ0) is 14.2. The van der Waals surface area contributed by atoms with Gasteiger partial charge in [0.2, 0.25) is 0 Å². The van der Waals surface area contributed by atoms with Gasteiger partial charge in [-0.1, -0.05) is 82.6 Å². The minimum Gasteiger partial charge on any atom is -0.393 e. The molecule has 0 saturated heterocycles. The van der Waals surface area contributed by atoms with Gasteiger partial charge in [0.25, 0.3) is 0 Å². The molecule has 0 aromatic rings. The Morgan fingerprint density at radius 1 is 0.842 bits per heavy atom. The summed E-state index contributed by atoms with van der Waals surface area (Å²) in [5, 5.41) is 9.13. The molecule has 1 N–H and O–H groups in total. The Labute approximate surface area is 120 Å². The summed E-state index contributed by atoms with van der Waals surface area (Å²) < 4.78 is 0. The zero-order valence-corrected chi connectivity index (χ0v) is 12.9. The lowest BCUT2D eigenvalue weighted by atomic mass is 10.0. The second-order valence-electron chi connectivity index (χ2n) is 5.63. The first-order valence-corrected chi connectivity index (χ1v) is 8.23. The summed E-state index contributed by atoms with van der Waals surface area (Å²) in [5.74, 6) is 0. The highest BCUT2D eigenvalue weighted by atomic mass is 16.3. The van der Waals surface area contributed by atoms with E-state index in [1.54, 1.807) is 0 Å². The lowest BCUT2D eigenvalue weighted by Crippen LogP contribution is -1.98. The molecule has 0 saturated carbocycles. The average molecular weight is 266 g/mol. The van der Waals surface area contributed by atoms with Crippen molar-refractivity contribution in [2.24, 2.45) is 0 Å². The summed E-state index contributed by atoms with van der Waals surface area (Å²) in [5.41, 5.74) is 0. The van der Waals surface area contributed by atoms with Gasteiger partial charge in [0.1, 0.15) is 0 Å². The van der Waals surface area contributed by atoms with Gasteiger partial charge >= 0.3 is 0 Å². The van der Waals surface area contributed by atoms with Gasteiger partial charge in [-0.25, -0.2) is 0 Å². The first kappa shape index (κ1) is 18.4. The maximum absolute atomic E-state index is 9.13. The standard InChI is InChI=1S/C18H34O/c1-3-4-5-6-7-8-9-10-11-12-13-14-15-16-17-18(2)19/h3-5,18-19H,1,6-17H2,2H3. The van der Waals surface area contributed by atoms with Gasteiger partial charge in [0.05, 0.1) is 6.10 Å². The van der Waals surface area contributed by atoms with Crippen LogP contribution in [0.4, 0.5) is 0 Å². The molecule has 1 atom stereocenters. The molecule has 0 aromatic heterocycles. The normalized spacial score (nSPS) is 12.9. The van der Waals surface area contributed by atoms with Crippen molar-refractivity contribution in [3.8, 4) is 0 Å². The van der Waals surface area contributed by atoms with Gasteiger partial charge in [-0.05, 0) is 26.2 Å². The van der Waals surface area contributed by atoms with Crippen LogP contribution in [-0.2, 0) is 0 Å². The van der Waals surface area contributed by atoms with Crippen LogP contribution in [0.15, 0.2) is 24.8 Å². The molecule has 0 heterocycles. The highest BCUT2D eigenvalue weighted by Crippen LogP contribution is 2.12. The van der Waals surface area contributed by atoms with Crippen molar-refractivity contribution in [1.82, 2.24) is 0 Å². The SMILES string of the molecule is C=CC=CCCCCCCCCCCCCC(C)O. The third-order valence-electron chi connectivity index (χ3n) is 3.51. The third kappa shape index (κ3) is 17.4. The van der Waals surface area contributed by atoms with Crippen molar-refractivity contribution in [2.45, 2.75) is 90.1 Å². The molecular formula is C18H34O. The fraction of sp³-hybridized carbons (Fsp3) is 0.778. The van der Waals surface area contributed by atoms with Crippen LogP contribution in [0.3, 0.4) is 0 Å². The van der Waals surface area contributed by atoms with E-state index in [9.17, 15) is 0 Å². The number of aliphatic hydroxyl groups is 1. The van der Waals surface area contributed by atoms with Gasteiger partial charge in [0, 0.05) is 0 Å². The number of hydrogen-bond acceptors (Lipinski definition) is 1. The predicted molar refractivity (Wildman–Crippen MR) is 86.4 cm³/mol. The number of aliphatic hydroxyl groups excluding tert-OH is 1. The summed E-state index contributed by atoms with van der Waals surface area (Å²) in [6.07, 6.45) is 21.7. The lowest BCUT2D eigenvalue weighted by Gasteiger charge is -2.04. The molecule has 112 valence electrons. The summed E-state index contributed by atoms with van der Waals surface area (Å²) >= 11 is 0. The fourth-order valence-corrected chi connectivity index (χ4v) is 2.31. The van der Waals surface area contributed by atoms with E-state index in [0.29, 0.717) is 0 Å².